The molecule has 1 aliphatic rings. The molecule has 1 saturated carbocycles. The molecule has 1 amide bonds. The summed E-state index contributed by atoms with van der Waals surface area (Å²) in [6, 6.07) is 4.79. The molecule has 0 saturated heterocycles. The smallest absolute Gasteiger partial charge is 0.221 e. The molecule has 0 bridgehead atoms. The van der Waals surface area contributed by atoms with Crippen molar-refractivity contribution in [2.45, 2.75) is 39.7 Å². The Balaban J connectivity index is 2.13. The van der Waals surface area contributed by atoms with E-state index in [1.165, 1.54) is 25.8 Å². The lowest BCUT2D eigenvalue weighted by Gasteiger charge is -2.22. The number of rotatable bonds is 4. The first kappa shape index (κ1) is 12.9. The van der Waals surface area contributed by atoms with Gasteiger partial charge in [-0.3, -0.25) is 4.79 Å². The van der Waals surface area contributed by atoms with Crippen molar-refractivity contribution in [1.82, 2.24) is 0 Å². The summed E-state index contributed by atoms with van der Waals surface area (Å²) in [5, 5.41) is 5.85. The molecule has 1 aromatic rings. The predicted octanol–water partition coefficient (Wildman–Crippen LogP) is 3.38. The minimum absolute atomic E-state index is 0.158. The Morgan fingerprint density at radius 3 is 2.67 bits per heavy atom. The molecule has 2 N–H and O–H groups in total. The summed E-state index contributed by atoms with van der Waals surface area (Å²) in [4.78, 5) is 11.0. The average molecular weight is 250 g/mol. The quantitative estimate of drug-likeness (QED) is 0.860. The number of nitrogens with one attached hydrogen (secondary N) is 2. The molecule has 18 heavy (non-hydrogen) atoms. The maximum absolute atomic E-state index is 13.7. The predicted molar refractivity (Wildman–Crippen MR) is 71.1 cm³/mol. The molecule has 2 rings (SSSR count). The van der Waals surface area contributed by atoms with Crippen molar-refractivity contribution in [2.75, 3.05) is 10.6 Å². The number of carbonyl (C=O) groups is 1. The van der Waals surface area contributed by atoms with Crippen LogP contribution in [0.1, 0.15) is 33.6 Å². The average Bonchev–Trinajstić information content (AvgIpc) is 3.02. The van der Waals surface area contributed by atoms with Gasteiger partial charge in [0.05, 0.1) is 5.69 Å². The zero-order valence-electron chi connectivity index (χ0n) is 11.0. The van der Waals surface area contributed by atoms with Crippen molar-refractivity contribution in [3.8, 4) is 0 Å². The lowest BCUT2D eigenvalue weighted by Crippen LogP contribution is -2.25. The number of halogens is 1. The van der Waals surface area contributed by atoms with Gasteiger partial charge in [-0.1, -0.05) is 6.92 Å². The molecule has 1 unspecified atom stereocenters. The van der Waals surface area contributed by atoms with Crippen LogP contribution < -0.4 is 10.6 Å². The van der Waals surface area contributed by atoms with E-state index < -0.39 is 0 Å². The van der Waals surface area contributed by atoms with Gasteiger partial charge in [0, 0.05) is 18.7 Å². The van der Waals surface area contributed by atoms with E-state index in [1.807, 2.05) is 0 Å². The van der Waals surface area contributed by atoms with E-state index in [0.717, 1.165) is 0 Å². The maximum atomic E-state index is 13.7. The third-order valence-corrected chi connectivity index (χ3v) is 3.74. The highest BCUT2D eigenvalue weighted by Gasteiger charge is 2.42. The molecule has 1 fully saturated rings. The van der Waals surface area contributed by atoms with Crippen LogP contribution in [0.2, 0.25) is 0 Å². The number of benzene rings is 1. The molecule has 0 spiro atoms. The molecule has 1 aromatic carbocycles. The lowest BCUT2D eigenvalue weighted by molar-refractivity contribution is -0.114. The first-order valence-electron chi connectivity index (χ1n) is 6.24. The van der Waals surface area contributed by atoms with Gasteiger partial charge >= 0.3 is 0 Å². The van der Waals surface area contributed by atoms with Gasteiger partial charge in [-0.15, -0.1) is 0 Å². The number of amides is 1. The summed E-state index contributed by atoms with van der Waals surface area (Å²) in [6.45, 7) is 5.70. The summed E-state index contributed by atoms with van der Waals surface area (Å²) in [5.41, 5.74) is 1.33. The van der Waals surface area contributed by atoms with E-state index in [9.17, 15) is 9.18 Å². The fourth-order valence-corrected chi connectivity index (χ4v) is 1.95. The molecule has 0 aliphatic heterocycles. The van der Waals surface area contributed by atoms with Crippen molar-refractivity contribution in [1.29, 1.82) is 0 Å². The highest BCUT2D eigenvalue weighted by atomic mass is 19.1. The Bertz CT molecular complexity index is 469. The van der Waals surface area contributed by atoms with Crippen LogP contribution in [0.25, 0.3) is 0 Å². The van der Waals surface area contributed by atoms with Gasteiger partial charge < -0.3 is 10.6 Å². The van der Waals surface area contributed by atoms with Crippen LogP contribution in [-0.2, 0) is 4.79 Å². The van der Waals surface area contributed by atoms with Crippen molar-refractivity contribution < 1.29 is 9.18 Å². The topological polar surface area (TPSA) is 41.1 Å². The Kier molecular flexibility index (Phi) is 3.28. The first-order valence-corrected chi connectivity index (χ1v) is 6.24. The third-order valence-electron chi connectivity index (χ3n) is 3.74. The van der Waals surface area contributed by atoms with Crippen LogP contribution >= 0.6 is 0 Å². The second-order valence-electron chi connectivity index (χ2n) is 5.40. The molecular formula is C14H19FN2O. The molecule has 0 radical (unpaired) electrons. The molecular weight excluding hydrogens is 231 g/mol. The Hall–Kier alpha value is -1.58. The summed E-state index contributed by atoms with van der Waals surface area (Å²) in [6.07, 6.45) is 2.35. The summed E-state index contributed by atoms with van der Waals surface area (Å²) in [7, 11) is 0. The number of carbonyl (C=O) groups excluding carboxylic acids is 1. The van der Waals surface area contributed by atoms with Crippen molar-refractivity contribution in [2.24, 2.45) is 5.41 Å². The van der Waals surface area contributed by atoms with Crippen LogP contribution in [0.3, 0.4) is 0 Å². The van der Waals surface area contributed by atoms with E-state index in [2.05, 4.69) is 24.5 Å². The van der Waals surface area contributed by atoms with Gasteiger partial charge in [0.25, 0.3) is 0 Å². The second-order valence-corrected chi connectivity index (χ2v) is 5.40. The summed E-state index contributed by atoms with van der Waals surface area (Å²) >= 11 is 0. The molecule has 0 aromatic heterocycles. The van der Waals surface area contributed by atoms with Crippen LogP contribution in [0.15, 0.2) is 18.2 Å². The normalized spacial score (nSPS) is 18.0. The molecule has 4 heteroatoms. The SMILES string of the molecule is CC(=O)Nc1ccc(F)c(NC(C)C2(C)CC2)c1. The van der Waals surface area contributed by atoms with Gasteiger partial charge in [-0.2, -0.15) is 0 Å². The Morgan fingerprint density at radius 2 is 2.11 bits per heavy atom. The zero-order chi connectivity index (χ0) is 13.3. The monoisotopic (exact) mass is 250 g/mol. The molecule has 98 valence electrons. The van der Waals surface area contributed by atoms with Crippen LogP contribution in [0.5, 0.6) is 0 Å². The minimum atomic E-state index is -0.291. The Labute approximate surface area is 107 Å². The van der Waals surface area contributed by atoms with E-state index in [0.29, 0.717) is 11.4 Å². The summed E-state index contributed by atoms with van der Waals surface area (Å²) in [5.74, 6) is -0.449. The third kappa shape index (κ3) is 2.81. The fraction of sp³-hybridized carbons (Fsp3) is 0.500. The van der Waals surface area contributed by atoms with Gasteiger partial charge in [-0.05, 0) is 43.4 Å². The molecule has 1 atom stereocenters. The second kappa shape index (κ2) is 4.59. The van der Waals surface area contributed by atoms with Crippen LogP contribution in [0.4, 0.5) is 15.8 Å². The lowest BCUT2D eigenvalue weighted by atomic mass is 10.0. The Morgan fingerprint density at radius 1 is 1.44 bits per heavy atom. The van der Waals surface area contributed by atoms with E-state index >= 15 is 0 Å². The maximum Gasteiger partial charge on any atom is 0.221 e. The van der Waals surface area contributed by atoms with Crippen molar-refractivity contribution in [3.63, 3.8) is 0 Å². The van der Waals surface area contributed by atoms with E-state index in [-0.39, 0.29) is 23.2 Å². The standard InChI is InChI=1S/C14H19FN2O/c1-9(14(3)6-7-14)16-13-8-11(17-10(2)18)4-5-12(13)15/h4-5,8-9,16H,6-7H2,1-3H3,(H,17,18). The van der Waals surface area contributed by atoms with Gasteiger partial charge in [0.1, 0.15) is 5.82 Å². The molecule has 3 nitrogen and oxygen atoms in total. The number of hydrogen-bond acceptors (Lipinski definition) is 2. The largest absolute Gasteiger partial charge is 0.380 e. The first-order chi connectivity index (χ1) is 8.40. The van der Waals surface area contributed by atoms with Crippen LogP contribution in [0, 0.1) is 11.2 Å². The van der Waals surface area contributed by atoms with Gasteiger partial charge in [0.2, 0.25) is 5.91 Å². The van der Waals surface area contributed by atoms with Gasteiger partial charge in [-0.25, -0.2) is 4.39 Å². The van der Waals surface area contributed by atoms with Crippen molar-refractivity contribution in [3.05, 3.63) is 24.0 Å². The zero-order valence-corrected chi connectivity index (χ0v) is 11.0. The van der Waals surface area contributed by atoms with E-state index in [4.69, 9.17) is 0 Å². The van der Waals surface area contributed by atoms with Gasteiger partial charge in [0.15, 0.2) is 0 Å². The molecule has 1 aliphatic carbocycles. The number of hydrogen-bond donors (Lipinski definition) is 2. The number of anilines is 2. The van der Waals surface area contributed by atoms with Crippen molar-refractivity contribution >= 4 is 17.3 Å². The fourth-order valence-electron chi connectivity index (χ4n) is 1.95. The molecule has 0 heterocycles. The van der Waals surface area contributed by atoms with Crippen LogP contribution in [-0.4, -0.2) is 11.9 Å². The summed E-state index contributed by atoms with van der Waals surface area (Å²) < 4.78 is 13.7. The highest BCUT2D eigenvalue weighted by molar-refractivity contribution is 5.89. The minimum Gasteiger partial charge on any atom is -0.380 e. The van der Waals surface area contributed by atoms with E-state index in [1.54, 1.807) is 12.1 Å². The highest BCUT2D eigenvalue weighted by Crippen LogP contribution is 2.49.